The van der Waals surface area contributed by atoms with Crippen molar-refractivity contribution in [3.05, 3.63) is 33.7 Å². The molecule has 2 fully saturated rings. The summed E-state index contributed by atoms with van der Waals surface area (Å²) >= 11 is 1.94. The number of nitrogens with one attached hydrogen (secondary N) is 1. The molecule has 1 unspecified atom stereocenters. The molecular formula is C21H33N3O4S. The van der Waals surface area contributed by atoms with Crippen molar-refractivity contribution in [1.82, 2.24) is 14.8 Å². The minimum absolute atomic E-state index is 0.115. The van der Waals surface area contributed by atoms with E-state index in [0.29, 0.717) is 18.0 Å². The van der Waals surface area contributed by atoms with E-state index in [0.717, 1.165) is 62.8 Å². The largest absolute Gasteiger partial charge is 0.481 e. The van der Waals surface area contributed by atoms with Crippen LogP contribution in [0.4, 0.5) is 0 Å². The smallest absolute Gasteiger partial charge is 0.300 e. The zero-order valence-electron chi connectivity index (χ0n) is 17.6. The molecule has 3 heterocycles. The lowest BCUT2D eigenvalue weighted by atomic mass is 9.99. The van der Waals surface area contributed by atoms with Crippen molar-refractivity contribution in [3.8, 4) is 0 Å². The van der Waals surface area contributed by atoms with Crippen molar-refractivity contribution in [2.45, 2.75) is 52.1 Å². The van der Waals surface area contributed by atoms with Crippen LogP contribution in [0.3, 0.4) is 0 Å². The molecule has 1 aromatic heterocycles. The molecule has 0 aromatic carbocycles. The van der Waals surface area contributed by atoms with Gasteiger partial charge < -0.3 is 19.9 Å². The highest BCUT2D eigenvalue weighted by atomic mass is 32.2. The number of pyridine rings is 1. The maximum Gasteiger partial charge on any atom is 0.300 e. The summed E-state index contributed by atoms with van der Waals surface area (Å²) in [6.07, 6.45) is 6.16. The molecule has 3 rings (SSSR count). The lowest BCUT2D eigenvalue weighted by molar-refractivity contribution is -0.134. The van der Waals surface area contributed by atoms with Gasteiger partial charge in [0, 0.05) is 32.8 Å². The van der Waals surface area contributed by atoms with Gasteiger partial charge in [-0.3, -0.25) is 14.4 Å². The summed E-state index contributed by atoms with van der Waals surface area (Å²) in [5.41, 5.74) is 1.00. The summed E-state index contributed by atoms with van der Waals surface area (Å²) in [6, 6.07) is 2.17. The Morgan fingerprint density at radius 1 is 1.31 bits per heavy atom. The van der Waals surface area contributed by atoms with Gasteiger partial charge >= 0.3 is 0 Å². The number of piperidine rings is 1. The van der Waals surface area contributed by atoms with E-state index in [1.165, 1.54) is 0 Å². The van der Waals surface area contributed by atoms with Crippen molar-refractivity contribution in [2.24, 2.45) is 5.92 Å². The van der Waals surface area contributed by atoms with E-state index in [4.69, 9.17) is 9.90 Å². The number of carboxylic acid groups (broad SMARTS) is 1. The number of rotatable bonds is 4. The van der Waals surface area contributed by atoms with E-state index in [1.54, 1.807) is 9.47 Å². The number of hydrogen-bond donors (Lipinski definition) is 2. The summed E-state index contributed by atoms with van der Waals surface area (Å²) in [5, 5.41) is 10.8. The predicted octanol–water partition coefficient (Wildman–Crippen LogP) is 2.21. The fraction of sp³-hybridized carbons (Fsp3) is 0.667. The highest BCUT2D eigenvalue weighted by molar-refractivity contribution is 7.99. The summed E-state index contributed by atoms with van der Waals surface area (Å²) in [7, 11) is 1.85. The van der Waals surface area contributed by atoms with Gasteiger partial charge in [-0.05, 0) is 74.7 Å². The molecule has 0 bridgehead atoms. The van der Waals surface area contributed by atoms with E-state index in [1.807, 2.05) is 38.0 Å². The quantitative estimate of drug-likeness (QED) is 0.772. The second-order valence-electron chi connectivity index (χ2n) is 7.82. The van der Waals surface area contributed by atoms with Gasteiger partial charge in [0.1, 0.15) is 5.56 Å². The number of aliphatic carboxylic acids is 1. The molecule has 29 heavy (non-hydrogen) atoms. The van der Waals surface area contributed by atoms with Crippen LogP contribution in [0.15, 0.2) is 17.1 Å². The van der Waals surface area contributed by atoms with Crippen molar-refractivity contribution in [1.29, 1.82) is 0 Å². The van der Waals surface area contributed by atoms with Gasteiger partial charge in [0.2, 0.25) is 0 Å². The van der Waals surface area contributed by atoms with Crippen LogP contribution in [0, 0.1) is 12.8 Å². The molecule has 1 aromatic rings. The molecule has 0 radical (unpaired) electrons. The van der Waals surface area contributed by atoms with E-state index in [2.05, 4.69) is 5.32 Å². The molecule has 0 spiro atoms. The summed E-state index contributed by atoms with van der Waals surface area (Å²) in [6.45, 7) is 5.65. The number of carbonyl (C=O) groups is 2. The van der Waals surface area contributed by atoms with Crippen LogP contribution in [0.1, 0.15) is 48.5 Å². The molecule has 1 atom stereocenters. The minimum atomic E-state index is -0.833. The first kappa shape index (κ1) is 23.5. The number of carbonyl (C=O) groups excluding carboxylic acids is 1. The third-order valence-electron chi connectivity index (χ3n) is 5.50. The van der Waals surface area contributed by atoms with Gasteiger partial charge in [0.25, 0.3) is 17.4 Å². The SMILES string of the molecule is CC(=O)O.Cc1ccn(CC2CCCNC2)c(=O)c1C(=O)N(C)C1CCSCC1. The second kappa shape index (κ2) is 11.4. The minimum Gasteiger partial charge on any atom is -0.481 e. The first-order valence-electron chi connectivity index (χ1n) is 10.3. The van der Waals surface area contributed by atoms with E-state index < -0.39 is 5.97 Å². The van der Waals surface area contributed by atoms with Crippen LogP contribution >= 0.6 is 11.8 Å². The molecule has 0 aliphatic carbocycles. The van der Waals surface area contributed by atoms with Gasteiger partial charge in [-0.25, -0.2) is 0 Å². The van der Waals surface area contributed by atoms with Gasteiger partial charge in [-0.2, -0.15) is 11.8 Å². The van der Waals surface area contributed by atoms with E-state index in [-0.39, 0.29) is 17.5 Å². The van der Waals surface area contributed by atoms with Crippen LogP contribution < -0.4 is 10.9 Å². The standard InChI is InChI=1S/C19H29N3O2S.C2H4O2/c1-14-5-9-22(13-15-4-3-8-20-12-15)19(24)17(14)18(23)21(2)16-6-10-25-11-7-16;1-2(3)4/h5,9,15-16,20H,3-4,6-8,10-13H2,1-2H3;1H3,(H,3,4). The Bertz CT molecular complexity index is 749. The number of carboxylic acids is 1. The van der Waals surface area contributed by atoms with Crippen LogP contribution in [0.25, 0.3) is 0 Å². The number of amides is 1. The van der Waals surface area contributed by atoms with Crippen molar-refractivity contribution in [3.63, 3.8) is 0 Å². The van der Waals surface area contributed by atoms with Crippen molar-refractivity contribution < 1.29 is 14.7 Å². The third-order valence-corrected chi connectivity index (χ3v) is 6.55. The number of thioether (sulfide) groups is 1. The third kappa shape index (κ3) is 6.89. The Hall–Kier alpha value is -1.80. The van der Waals surface area contributed by atoms with Crippen LogP contribution in [-0.4, -0.2) is 64.1 Å². The average Bonchev–Trinajstić information content (AvgIpc) is 2.70. The van der Waals surface area contributed by atoms with E-state index >= 15 is 0 Å². The van der Waals surface area contributed by atoms with Gasteiger partial charge in [-0.15, -0.1) is 0 Å². The lowest BCUT2D eigenvalue weighted by Gasteiger charge is -2.31. The summed E-state index contributed by atoms with van der Waals surface area (Å²) in [5.74, 6) is 1.70. The number of aryl methyl sites for hydroxylation is 1. The molecule has 1 amide bonds. The maximum atomic E-state index is 13.0. The lowest BCUT2D eigenvalue weighted by Crippen LogP contribution is -2.43. The molecule has 162 valence electrons. The predicted molar refractivity (Wildman–Crippen MR) is 117 cm³/mol. The molecule has 2 aliphatic rings. The second-order valence-corrected chi connectivity index (χ2v) is 9.05. The first-order chi connectivity index (χ1) is 13.8. The van der Waals surface area contributed by atoms with Gasteiger partial charge in [0.15, 0.2) is 0 Å². The molecular weight excluding hydrogens is 390 g/mol. The normalized spacial score (nSPS) is 19.8. The summed E-state index contributed by atoms with van der Waals surface area (Å²) in [4.78, 5) is 36.8. The van der Waals surface area contributed by atoms with Crippen LogP contribution in [-0.2, 0) is 11.3 Å². The maximum absolute atomic E-state index is 13.0. The Morgan fingerprint density at radius 3 is 2.55 bits per heavy atom. The Labute approximate surface area is 176 Å². The van der Waals surface area contributed by atoms with Gasteiger partial charge in [-0.1, -0.05) is 0 Å². The highest BCUT2D eigenvalue weighted by Gasteiger charge is 2.27. The molecule has 0 saturated carbocycles. The fourth-order valence-electron chi connectivity index (χ4n) is 3.84. The summed E-state index contributed by atoms with van der Waals surface area (Å²) < 4.78 is 1.74. The van der Waals surface area contributed by atoms with E-state index in [9.17, 15) is 9.59 Å². The molecule has 2 N–H and O–H groups in total. The topological polar surface area (TPSA) is 91.6 Å². The molecule has 7 nitrogen and oxygen atoms in total. The number of aromatic nitrogens is 1. The van der Waals surface area contributed by atoms with Crippen molar-refractivity contribution in [2.75, 3.05) is 31.6 Å². The molecule has 2 aliphatic heterocycles. The zero-order chi connectivity index (χ0) is 21.4. The number of hydrogen-bond acceptors (Lipinski definition) is 5. The Kier molecular flexibility index (Phi) is 9.23. The average molecular weight is 424 g/mol. The Balaban J connectivity index is 0.000000687. The van der Waals surface area contributed by atoms with Crippen LogP contribution in [0.5, 0.6) is 0 Å². The zero-order valence-corrected chi connectivity index (χ0v) is 18.5. The molecule has 2 saturated heterocycles. The Morgan fingerprint density at radius 2 is 1.97 bits per heavy atom. The highest BCUT2D eigenvalue weighted by Crippen LogP contribution is 2.22. The first-order valence-corrected chi connectivity index (χ1v) is 11.4. The van der Waals surface area contributed by atoms with Crippen molar-refractivity contribution >= 4 is 23.6 Å². The molecule has 8 heteroatoms. The fourth-order valence-corrected chi connectivity index (χ4v) is 4.92. The van der Waals surface area contributed by atoms with Crippen LogP contribution in [0.2, 0.25) is 0 Å². The monoisotopic (exact) mass is 423 g/mol. The number of nitrogens with zero attached hydrogens (tertiary/aromatic N) is 2. The van der Waals surface area contributed by atoms with Gasteiger partial charge in [0.05, 0.1) is 0 Å².